The lowest BCUT2D eigenvalue weighted by Gasteiger charge is -2.21. The maximum atomic E-state index is 14.0. The van der Waals surface area contributed by atoms with Gasteiger partial charge < -0.3 is 20.0 Å². The number of nitrogens with one attached hydrogen (secondary N) is 1. The molecule has 5 nitrogen and oxygen atoms in total. The number of carbonyl (C=O) groups excluding carboxylic acids is 2. The largest absolute Gasteiger partial charge is 0.550 e. The number of benzene rings is 3. The zero-order chi connectivity index (χ0) is 25.3. The van der Waals surface area contributed by atoms with Crippen LogP contribution in [-0.2, 0) is 16.0 Å². The number of halogens is 5. The predicted octanol–water partition coefficient (Wildman–Crippen LogP) is 3.97. The molecular formula is C25H17F5NO4-. The van der Waals surface area contributed by atoms with Crippen molar-refractivity contribution in [2.75, 3.05) is 6.61 Å². The minimum absolute atomic E-state index is 0.138. The number of carbonyl (C=O) groups is 2. The smallest absolute Gasteiger partial charge is 0.407 e. The summed E-state index contributed by atoms with van der Waals surface area (Å²) in [6.45, 7) is -0.138. The molecule has 0 heterocycles. The van der Waals surface area contributed by atoms with Gasteiger partial charge in [0.2, 0.25) is 5.82 Å². The van der Waals surface area contributed by atoms with Crippen LogP contribution in [0, 0.1) is 29.1 Å². The third kappa shape index (κ3) is 4.68. The number of hydrogen-bond acceptors (Lipinski definition) is 4. The van der Waals surface area contributed by atoms with Gasteiger partial charge in [0, 0.05) is 29.9 Å². The van der Waals surface area contributed by atoms with E-state index in [2.05, 4.69) is 5.32 Å². The Balaban J connectivity index is 1.50. The van der Waals surface area contributed by atoms with Crippen LogP contribution in [-0.4, -0.2) is 24.7 Å². The molecular weight excluding hydrogens is 473 g/mol. The van der Waals surface area contributed by atoms with Crippen molar-refractivity contribution < 1.29 is 41.4 Å². The molecule has 3 aromatic carbocycles. The molecule has 35 heavy (non-hydrogen) atoms. The molecule has 3 aromatic rings. The van der Waals surface area contributed by atoms with Gasteiger partial charge in [-0.2, -0.15) is 0 Å². The molecule has 0 saturated heterocycles. The first-order chi connectivity index (χ1) is 16.7. The number of carboxylic acid groups (broad SMARTS) is 1. The summed E-state index contributed by atoms with van der Waals surface area (Å²) >= 11 is 0. The molecule has 0 fully saturated rings. The molecule has 1 aliphatic carbocycles. The molecule has 4 rings (SSSR count). The first-order valence-electron chi connectivity index (χ1n) is 10.5. The average Bonchev–Trinajstić information content (AvgIpc) is 3.16. The summed E-state index contributed by atoms with van der Waals surface area (Å²) in [5, 5.41) is 13.2. The maximum absolute atomic E-state index is 14.0. The molecule has 0 aliphatic heterocycles. The van der Waals surface area contributed by atoms with Gasteiger partial charge in [-0.15, -0.1) is 0 Å². The third-order valence-electron chi connectivity index (χ3n) is 5.83. The maximum Gasteiger partial charge on any atom is 0.407 e. The van der Waals surface area contributed by atoms with Crippen LogP contribution in [0.15, 0.2) is 48.5 Å². The van der Waals surface area contributed by atoms with Gasteiger partial charge in [0.25, 0.3) is 0 Å². The summed E-state index contributed by atoms with van der Waals surface area (Å²) in [4.78, 5) is 23.5. The highest BCUT2D eigenvalue weighted by Gasteiger charge is 2.30. The average molecular weight is 490 g/mol. The zero-order valence-corrected chi connectivity index (χ0v) is 17.9. The molecule has 182 valence electrons. The van der Waals surface area contributed by atoms with Gasteiger partial charge in [0.05, 0.1) is 0 Å². The van der Waals surface area contributed by atoms with Crippen LogP contribution < -0.4 is 10.4 Å². The van der Waals surface area contributed by atoms with E-state index in [4.69, 9.17) is 4.74 Å². The van der Waals surface area contributed by atoms with Crippen molar-refractivity contribution in [2.45, 2.75) is 24.8 Å². The fraction of sp³-hybridized carbons (Fsp3) is 0.200. The number of fused-ring (bicyclic) bond motifs is 3. The van der Waals surface area contributed by atoms with Gasteiger partial charge >= 0.3 is 6.09 Å². The topological polar surface area (TPSA) is 78.5 Å². The summed E-state index contributed by atoms with van der Waals surface area (Å²) in [5.74, 6) is -12.9. The molecule has 0 aromatic heterocycles. The summed E-state index contributed by atoms with van der Waals surface area (Å²) in [6.07, 6.45) is -3.07. The number of amides is 1. The Labute approximate surface area is 196 Å². The van der Waals surface area contributed by atoms with Crippen molar-refractivity contribution in [3.8, 4) is 11.1 Å². The third-order valence-corrected chi connectivity index (χ3v) is 5.83. The van der Waals surface area contributed by atoms with E-state index in [9.17, 15) is 36.6 Å². The fourth-order valence-corrected chi connectivity index (χ4v) is 4.26. The van der Waals surface area contributed by atoms with E-state index in [1.165, 1.54) is 0 Å². The zero-order valence-electron chi connectivity index (χ0n) is 17.9. The highest BCUT2D eigenvalue weighted by molar-refractivity contribution is 5.79. The standard InChI is InChI=1S/C25H18F5NO4/c26-20-17(21(27)23(29)24(30)22(20)28)9-12(10-19(32)33)31-25(34)35-11-18-15-7-3-1-5-13(15)14-6-2-4-8-16(14)18/h1-8,12,18H,9-11H2,(H,31,34)(H,32,33)/p-1/t12-/m1/s1. The van der Waals surface area contributed by atoms with E-state index in [1.807, 2.05) is 48.5 Å². The van der Waals surface area contributed by atoms with Crippen molar-refractivity contribution >= 4 is 12.1 Å². The SMILES string of the molecule is O=C([O-])C[C@@H](Cc1c(F)c(F)c(F)c(F)c1F)NC(=O)OCC1c2ccccc2-c2ccccc21. The van der Waals surface area contributed by atoms with Crippen molar-refractivity contribution in [1.29, 1.82) is 0 Å². The lowest BCUT2D eigenvalue weighted by molar-refractivity contribution is -0.306. The van der Waals surface area contributed by atoms with E-state index in [1.54, 1.807) is 0 Å². The molecule has 0 bridgehead atoms. The monoisotopic (exact) mass is 490 g/mol. The van der Waals surface area contributed by atoms with E-state index in [0.29, 0.717) is 0 Å². The molecule has 10 heteroatoms. The van der Waals surface area contributed by atoms with E-state index < -0.39 is 65.6 Å². The first kappa shape index (κ1) is 24.2. The van der Waals surface area contributed by atoms with E-state index in [0.717, 1.165) is 22.3 Å². The summed E-state index contributed by atoms with van der Waals surface area (Å²) in [7, 11) is 0. The first-order valence-corrected chi connectivity index (χ1v) is 10.5. The second-order valence-corrected chi connectivity index (χ2v) is 8.00. The van der Waals surface area contributed by atoms with Crippen LogP contribution in [0.2, 0.25) is 0 Å². The molecule has 1 amide bonds. The van der Waals surface area contributed by atoms with Crippen molar-refractivity contribution in [2.24, 2.45) is 0 Å². The van der Waals surface area contributed by atoms with E-state index >= 15 is 0 Å². The predicted molar refractivity (Wildman–Crippen MR) is 112 cm³/mol. The Kier molecular flexibility index (Phi) is 6.72. The van der Waals surface area contributed by atoms with Gasteiger partial charge in [0.1, 0.15) is 6.61 Å². The van der Waals surface area contributed by atoms with Crippen LogP contribution in [0.25, 0.3) is 11.1 Å². The lowest BCUT2D eigenvalue weighted by Crippen LogP contribution is -2.42. The number of alkyl carbamates (subject to hydrolysis) is 1. The Morgan fingerprint density at radius 3 is 1.83 bits per heavy atom. The quantitative estimate of drug-likeness (QED) is 0.309. The molecule has 0 saturated carbocycles. The second-order valence-electron chi connectivity index (χ2n) is 8.00. The van der Waals surface area contributed by atoms with Crippen LogP contribution >= 0.6 is 0 Å². The molecule has 0 unspecified atom stereocenters. The minimum atomic E-state index is -2.34. The summed E-state index contributed by atoms with van der Waals surface area (Å²) in [6, 6.07) is 13.4. The summed E-state index contributed by atoms with van der Waals surface area (Å²) in [5.41, 5.74) is 2.51. The number of ether oxygens (including phenoxy) is 1. The Morgan fingerprint density at radius 2 is 1.31 bits per heavy atom. The molecule has 1 aliphatic rings. The summed E-state index contributed by atoms with van der Waals surface area (Å²) < 4.78 is 73.7. The van der Waals surface area contributed by atoms with Gasteiger partial charge in [-0.25, -0.2) is 26.7 Å². The molecule has 0 radical (unpaired) electrons. The van der Waals surface area contributed by atoms with E-state index in [-0.39, 0.29) is 12.5 Å². The number of rotatable bonds is 7. The Hall–Kier alpha value is -3.95. The van der Waals surface area contributed by atoms with Crippen LogP contribution in [0.4, 0.5) is 26.7 Å². The lowest BCUT2D eigenvalue weighted by atomic mass is 9.98. The van der Waals surface area contributed by atoms with Gasteiger partial charge in [-0.1, -0.05) is 48.5 Å². The fourth-order valence-electron chi connectivity index (χ4n) is 4.26. The van der Waals surface area contributed by atoms with Crippen LogP contribution in [0.1, 0.15) is 29.0 Å². The Bertz CT molecular complexity index is 1240. The highest BCUT2D eigenvalue weighted by Crippen LogP contribution is 2.44. The van der Waals surface area contributed by atoms with Crippen LogP contribution in [0.3, 0.4) is 0 Å². The van der Waals surface area contributed by atoms with Gasteiger partial charge in [-0.05, 0) is 28.7 Å². The number of carboxylic acids is 1. The normalized spacial score (nSPS) is 13.2. The highest BCUT2D eigenvalue weighted by atomic mass is 19.2. The molecule has 1 N–H and O–H groups in total. The molecule has 1 atom stereocenters. The van der Waals surface area contributed by atoms with Crippen molar-refractivity contribution in [3.63, 3.8) is 0 Å². The van der Waals surface area contributed by atoms with Crippen molar-refractivity contribution in [3.05, 3.63) is 94.3 Å². The second kappa shape index (κ2) is 9.73. The van der Waals surface area contributed by atoms with Gasteiger partial charge in [-0.3, -0.25) is 0 Å². The number of hydrogen-bond donors (Lipinski definition) is 1. The number of aliphatic carboxylic acids is 1. The molecule has 0 spiro atoms. The Morgan fingerprint density at radius 1 is 0.829 bits per heavy atom. The van der Waals surface area contributed by atoms with Gasteiger partial charge in [0.15, 0.2) is 23.3 Å². The van der Waals surface area contributed by atoms with Crippen LogP contribution in [0.5, 0.6) is 0 Å². The van der Waals surface area contributed by atoms with Crippen molar-refractivity contribution in [1.82, 2.24) is 5.32 Å². The minimum Gasteiger partial charge on any atom is -0.550 e.